The maximum Gasteiger partial charge on any atom is 0.251 e. The summed E-state index contributed by atoms with van der Waals surface area (Å²) in [7, 11) is 3.11. The summed E-state index contributed by atoms with van der Waals surface area (Å²) >= 11 is 1.57. The molecule has 0 unspecified atom stereocenters. The highest BCUT2D eigenvalue weighted by atomic mass is 32.1. The molecule has 2 aromatic rings. The minimum absolute atomic E-state index is 0.165. The first-order valence-corrected chi connectivity index (χ1v) is 9.15. The lowest BCUT2D eigenvalue weighted by Gasteiger charge is -2.15. The van der Waals surface area contributed by atoms with Crippen molar-refractivity contribution in [3.8, 4) is 11.5 Å². The molecule has 0 saturated heterocycles. The van der Waals surface area contributed by atoms with Crippen molar-refractivity contribution >= 4 is 17.2 Å². The summed E-state index contributed by atoms with van der Waals surface area (Å²) in [4.78, 5) is 19.2. The van der Waals surface area contributed by atoms with Crippen molar-refractivity contribution in [1.29, 1.82) is 0 Å². The SMILES string of the molecule is CCN(CC)Cc1csc(CNC(=O)c2ccc(OC)c(OC)c2)n1. The zero-order valence-electron chi connectivity index (χ0n) is 15.2. The van der Waals surface area contributed by atoms with E-state index in [-0.39, 0.29) is 5.91 Å². The van der Waals surface area contributed by atoms with E-state index in [0.29, 0.717) is 23.6 Å². The van der Waals surface area contributed by atoms with Gasteiger partial charge in [0.2, 0.25) is 0 Å². The van der Waals surface area contributed by atoms with Crippen LogP contribution in [0.15, 0.2) is 23.6 Å². The second kappa shape index (κ2) is 9.39. The Balaban J connectivity index is 1.95. The largest absolute Gasteiger partial charge is 0.493 e. The fraction of sp³-hybridized carbons (Fsp3) is 0.444. The quantitative estimate of drug-likeness (QED) is 0.742. The smallest absolute Gasteiger partial charge is 0.251 e. The first-order valence-electron chi connectivity index (χ1n) is 8.27. The van der Waals surface area contributed by atoms with Gasteiger partial charge >= 0.3 is 0 Å². The van der Waals surface area contributed by atoms with Crippen LogP contribution in [0.1, 0.15) is 34.9 Å². The van der Waals surface area contributed by atoms with Crippen molar-refractivity contribution in [1.82, 2.24) is 15.2 Å². The summed E-state index contributed by atoms with van der Waals surface area (Å²) in [5.74, 6) is 0.965. The average Bonchev–Trinajstić information content (AvgIpc) is 3.10. The summed E-state index contributed by atoms with van der Waals surface area (Å²) < 4.78 is 10.4. The van der Waals surface area contributed by atoms with Gasteiger partial charge in [-0.15, -0.1) is 11.3 Å². The number of benzene rings is 1. The summed E-state index contributed by atoms with van der Waals surface area (Å²) in [6.07, 6.45) is 0. The predicted octanol–water partition coefficient (Wildman–Crippen LogP) is 2.93. The van der Waals surface area contributed by atoms with Crippen LogP contribution in [0.5, 0.6) is 11.5 Å². The van der Waals surface area contributed by atoms with Crippen LogP contribution in [0.25, 0.3) is 0 Å². The highest BCUT2D eigenvalue weighted by Gasteiger charge is 2.12. The van der Waals surface area contributed by atoms with Crippen molar-refractivity contribution in [2.75, 3.05) is 27.3 Å². The van der Waals surface area contributed by atoms with Crippen molar-refractivity contribution in [3.63, 3.8) is 0 Å². The molecule has 1 amide bonds. The molecule has 25 heavy (non-hydrogen) atoms. The molecule has 0 spiro atoms. The molecule has 0 fully saturated rings. The first kappa shape index (κ1) is 19.2. The number of carbonyl (C=O) groups excluding carboxylic acids is 1. The molecule has 136 valence electrons. The Kier molecular flexibility index (Phi) is 7.21. The van der Waals surface area contributed by atoms with Crippen LogP contribution in [0.2, 0.25) is 0 Å². The number of nitrogens with one attached hydrogen (secondary N) is 1. The van der Waals surface area contributed by atoms with E-state index in [0.717, 1.165) is 30.3 Å². The third kappa shape index (κ3) is 5.17. The maximum absolute atomic E-state index is 12.3. The van der Waals surface area contributed by atoms with Crippen LogP contribution in [-0.4, -0.2) is 43.1 Å². The van der Waals surface area contributed by atoms with E-state index in [1.165, 1.54) is 0 Å². The zero-order chi connectivity index (χ0) is 18.2. The van der Waals surface area contributed by atoms with Crippen molar-refractivity contribution in [2.45, 2.75) is 26.9 Å². The van der Waals surface area contributed by atoms with Crippen molar-refractivity contribution in [2.24, 2.45) is 0 Å². The molecule has 0 aliphatic rings. The standard InChI is InChI=1S/C18H25N3O3S/c1-5-21(6-2)11-14-12-25-17(20-14)10-19-18(22)13-7-8-15(23-3)16(9-13)24-4/h7-9,12H,5-6,10-11H2,1-4H3,(H,19,22). The molecular weight excluding hydrogens is 338 g/mol. The lowest BCUT2D eigenvalue weighted by Crippen LogP contribution is -2.23. The van der Waals surface area contributed by atoms with Crippen LogP contribution in [0, 0.1) is 0 Å². The van der Waals surface area contributed by atoms with Gasteiger partial charge in [0.05, 0.1) is 26.5 Å². The number of thiazole rings is 1. The first-order chi connectivity index (χ1) is 12.1. The highest BCUT2D eigenvalue weighted by molar-refractivity contribution is 7.09. The molecule has 0 atom stereocenters. The second-order valence-corrected chi connectivity index (χ2v) is 6.39. The molecule has 1 N–H and O–H groups in total. The molecule has 0 bridgehead atoms. The van der Waals surface area contributed by atoms with E-state index >= 15 is 0 Å². The van der Waals surface area contributed by atoms with Gasteiger partial charge in [0.25, 0.3) is 5.91 Å². The van der Waals surface area contributed by atoms with Crippen molar-refractivity contribution < 1.29 is 14.3 Å². The molecule has 0 radical (unpaired) electrons. The number of methoxy groups -OCH3 is 2. The van der Waals surface area contributed by atoms with Gasteiger partial charge < -0.3 is 14.8 Å². The minimum Gasteiger partial charge on any atom is -0.493 e. The topological polar surface area (TPSA) is 63.7 Å². The van der Waals surface area contributed by atoms with Crippen LogP contribution >= 0.6 is 11.3 Å². The van der Waals surface area contributed by atoms with Crippen LogP contribution in [-0.2, 0) is 13.1 Å². The molecule has 1 aromatic heterocycles. The third-order valence-corrected chi connectivity index (χ3v) is 4.82. The van der Waals surface area contributed by atoms with Gasteiger partial charge in [-0.2, -0.15) is 0 Å². The summed E-state index contributed by atoms with van der Waals surface area (Å²) in [5.41, 5.74) is 1.57. The Morgan fingerprint density at radius 1 is 1.20 bits per heavy atom. The number of hydrogen-bond acceptors (Lipinski definition) is 6. The average molecular weight is 363 g/mol. The van der Waals surface area contributed by atoms with E-state index in [1.807, 2.05) is 0 Å². The van der Waals surface area contributed by atoms with E-state index in [9.17, 15) is 4.79 Å². The molecule has 1 heterocycles. The molecule has 7 heteroatoms. The molecule has 0 aliphatic heterocycles. The molecule has 2 rings (SSSR count). The van der Waals surface area contributed by atoms with E-state index in [2.05, 4.69) is 34.4 Å². The minimum atomic E-state index is -0.165. The lowest BCUT2D eigenvalue weighted by molar-refractivity contribution is 0.0950. The number of nitrogens with zero attached hydrogens (tertiary/aromatic N) is 2. The van der Waals surface area contributed by atoms with Crippen LogP contribution < -0.4 is 14.8 Å². The monoisotopic (exact) mass is 363 g/mol. The maximum atomic E-state index is 12.3. The number of aromatic nitrogens is 1. The van der Waals surface area contributed by atoms with Crippen LogP contribution in [0.3, 0.4) is 0 Å². The Morgan fingerprint density at radius 2 is 1.92 bits per heavy atom. The van der Waals surface area contributed by atoms with Gasteiger partial charge in [0, 0.05) is 17.5 Å². The molecule has 6 nitrogen and oxygen atoms in total. The Morgan fingerprint density at radius 3 is 2.56 bits per heavy atom. The normalized spacial score (nSPS) is 10.8. The third-order valence-electron chi connectivity index (χ3n) is 3.93. The predicted molar refractivity (Wildman–Crippen MR) is 99.5 cm³/mol. The number of amides is 1. The van der Waals surface area contributed by atoms with E-state index < -0.39 is 0 Å². The Bertz CT molecular complexity index is 699. The van der Waals surface area contributed by atoms with E-state index in [1.54, 1.807) is 43.8 Å². The Hall–Kier alpha value is -2.12. The lowest BCUT2D eigenvalue weighted by atomic mass is 10.2. The number of rotatable bonds is 9. The molecule has 1 aromatic carbocycles. The fourth-order valence-electron chi connectivity index (χ4n) is 2.41. The fourth-order valence-corrected chi connectivity index (χ4v) is 3.14. The molecular formula is C18H25N3O3S. The van der Waals surface area contributed by atoms with Gasteiger partial charge in [0.15, 0.2) is 11.5 Å². The van der Waals surface area contributed by atoms with Gasteiger partial charge in [-0.25, -0.2) is 4.98 Å². The number of carbonyl (C=O) groups is 1. The molecule has 0 saturated carbocycles. The summed E-state index contributed by atoms with van der Waals surface area (Å²) in [6, 6.07) is 5.10. The number of hydrogen-bond donors (Lipinski definition) is 1. The van der Waals surface area contributed by atoms with Gasteiger partial charge in [-0.1, -0.05) is 13.8 Å². The molecule has 0 aliphatic carbocycles. The van der Waals surface area contributed by atoms with Gasteiger partial charge in [-0.05, 0) is 31.3 Å². The van der Waals surface area contributed by atoms with Crippen molar-refractivity contribution in [3.05, 3.63) is 39.8 Å². The Labute approximate surface area is 152 Å². The van der Waals surface area contributed by atoms with Gasteiger partial charge in [-0.3, -0.25) is 9.69 Å². The summed E-state index contributed by atoms with van der Waals surface area (Å²) in [5, 5.41) is 5.85. The zero-order valence-corrected chi connectivity index (χ0v) is 16.0. The van der Waals surface area contributed by atoms with Crippen LogP contribution in [0.4, 0.5) is 0 Å². The van der Waals surface area contributed by atoms with E-state index in [4.69, 9.17) is 9.47 Å². The summed E-state index contributed by atoms with van der Waals surface area (Å²) in [6.45, 7) is 7.53. The highest BCUT2D eigenvalue weighted by Crippen LogP contribution is 2.27. The number of ether oxygens (including phenoxy) is 2. The second-order valence-electron chi connectivity index (χ2n) is 5.45. The van der Waals surface area contributed by atoms with Gasteiger partial charge in [0.1, 0.15) is 5.01 Å².